The summed E-state index contributed by atoms with van der Waals surface area (Å²) in [7, 11) is 0. The normalized spacial score (nSPS) is 31.2. The highest BCUT2D eigenvalue weighted by atomic mass is 16.4. The van der Waals surface area contributed by atoms with Gasteiger partial charge >= 0.3 is 0 Å². The molecule has 0 aromatic carbocycles. The maximum absolute atomic E-state index is 12.9. The summed E-state index contributed by atoms with van der Waals surface area (Å²) in [4.78, 5) is 14.8. The highest BCUT2D eigenvalue weighted by Gasteiger charge is 2.54. The predicted octanol–water partition coefficient (Wildman–Crippen LogP) is 1.80. The molecular formula is C14H25N3O2. The van der Waals surface area contributed by atoms with Gasteiger partial charge in [-0.3, -0.25) is 4.79 Å². The average molecular weight is 267 g/mol. The summed E-state index contributed by atoms with van der Waals surface area (Å²) >= 11 is 0. The van der Waals surface area contributed by atoms with Gasteiger partial charge in [0.1, 0.15) is 5.41 Å². The lowest BCUT2D eigenvalue weighted by Crippen LogP contribution is -2.59. The van der Waals surface area contributed by atoms with Crippen molar-refractivity contribution >= 4 is 11.7 Å². The lowest BCUT2D eigenvalue weighted by atomic mass is 9.61. The van der Waals surface area contributed by atoms with Crippen molar-refractivity contribution in [2.24, 2.45) is 28.1 Å². The summed E-state index contributed by atoms with van der Waals surface area (Å²) in [5.41, 5.74) is 5.06. The number of nitrogens with two attached hydrogens (primary N) is 1. The topological polar surface area (TPSA) is 78.9 Å². The fourth-order valence-electron chi connectivity index (χ4n) is 3.10. The maximum Gasteiger partial charge on any atom is 0.236 e. The number of amidine groups is 1. The minimum Gasteiger partial charge on any atom is -0.409 e. The second-order valence-corrected chi connectivity index (χ2v) is 6.58. The van der Waals surface area contributed by atoms with Gasteiger partial charge in [0.15, 0.2) is 5.84 Å². The number of rotatable bonds is 5. The van der Waals surface area contributed by atoms with Gasteiger partial charge in [0.05, 0.1) is 0 Å². The van der Waals surface area contributed by atoms with E-state index in [2.05, 4.69) is 12.1 Å². The molecule has 0 saturated heterocycles. The van der Waals surface area contributed by atoms with Crippen LogP contribution in [0.5, 0.6) is 0 Å². The van der Waals surface area contributed by atoms with Crippen LogP contribution in [0.3, 0.4) is 0 Å². The Morgan fingerprint density at radius 3 is 2.42 bits per heavy atom. The molecule has 0 aromatic rings. The van der Waals surface area contributed by atoms with Crippen LogP contribution in [-0.2, 0) is 4.79 Å². The average Bonchev–Trinajstić information content (AvgIpc) is 3.13. The predicted molar refractivity (Wildman–Crippen MR) is 73.8 cm³/mol. The molecule has 2 aliphatic rings. The van der Waals surface area contributed by atoms with Crippen LogP contribution in [0, 0.1) is 17.3 Å². The van der Waals surface area contributed by atoms with E-state index in [1.54, 1.807) is 0 Å². The van der Waals surface area contributed by atoms with E-state index in [0.717, 1.165) is 6.54 Å². The monoisotopic (exact) mass is 267 g/mol. The smallest absolute Gasteiger partial charge is 0.236 e. The van der Waals surface area contributed by atoms with Gasteiger partial charge in [-0.1, -0.05) is 12.1 Å². The molecule has 2 aliphatic carbocycles. The van der Waals surface area contributed by atoms with E-state index in [0.29, 0.717) is 24.7 Å². The van der Waals surface area contributed by atoms with Crippen LogP contribution < -0.4 is 5.73 Å². The van der Waals surface area contributed by atoms with Gasteiger partial charge in [-0.25, -0.2) is 0 Å². The molecule has 5 heteroatoms. The molecule has 0 spiro atoms. The van der Waals surface area contributed by atoms with Crippen LogP contribution in [0.4, 0.5) is 0 Å². The lowest BCUT2D eigenvalue weighted by Gasteiger charge is -2.47. The Bertz CT molecular complexity index is 382. The van der Waals surface area contributed by atoms with Crippen LogP contribution in [-0.4, -0.2) is 34.4 Å². The summed E-state index contributed by atoms with van der Waals surface area (Å²) in [6, 6.07) is 0.160. The van der Waals surface area contributed by atoms with Crippen molar-refractivity contribution in [3.8, 4) is 0 Å². The van der Waals surface area contributed by atoms with Gasteiger partial charge in [-0.15, -0.1) is 0 Å². The maximum atomic E-state index is 12.9. The molecule has 3 N–H and O–H groups in total. The Hall–Kier alpha value is -1.26. The molecule has 2 saturated carbocycles. The van der Waals surface area contributed by atoms with Gasteiger partial charge in [0, 0.05) is 12.6 Å². The third-order valence-electron chi connectivity index (χ3n) is 4.44. The number of carbonyl (C=O) groups is 1. The molecule has 0 heterocycles. The summed E-state index contributed by atoms with van der Waals surface area (Å²) < 4.78 is 0. The van der Waals surface area contributed by atoms with Crippen molar-refractivity contribution in [3.05, 3.63) is 0 Å². The quantitative estimate of drug-likeness (QED) is 0.345. The zero-order chi connectivity index (χ0) is 14.2. The highest BCUT2D eigenvalue weighted by Crippen LogP contribution is 2.47. The highest BCUT2D eigenvalue weighted by molar-refractivity contribution is 6.07. The van der Waals surface area contributed by atoms with Crippen LogP contribution in [0.2, 0.25) is 0 Å². The summed E-state index contributed by atoms with van der Waals surface area (Å²) in [5, 5.41) is 12.1. The third-order valence-corrected chi connectivity index (χ3v) is 4.44. The Morgan fingerprint density at radius 2 is 2.05 bits per heavy atom. The molecule has 0 atom stereocenters. The fourth-order valence-corrected chi connectivity index (χ4v) is 3.10. The minimum absolute atomic E-state index is 0.0443. The Labute approximate surface area is 114 Å². The van der Waals surface area contributed by atoms with Crippen molar-refractivity contribution < 1.29 is 10.0 Å². The van der Waals surface area contributed by atoms with E-state index in [1.807, 2.05) is 18.7 Å². The molecule has 1 amide bonds. The minimum atomic E-state index is -0.757. The number of oxime groups is 1. The number of hydrogen-bond acceptors (Lipinski definition) is 3. The first-order valence-electron chi connectivity index (χ1n) is 7.19. The van der Waals surface area contributed by atoms with E-state index < -0.39 is 5.41 Å². The SMILES string of the molecule is CC1CC(C(=O)N(CC2CC2)C(C)C)(C(N)=NO)C1. The molecule has 19 heavy (non-hydrogen) atoms. The molecule has 0 radical (unpaired) electrons. The number of nitrogens with zero attached hydrogens (tertiary/aromatic N) is 2. The molecule has 2 rings (SSSR count). The standard InChI is InChI=1S/C14H25N3O2/c1-9(2)17(8-11-4-5-11)13(18)14(12(15)16-19)6-10(3)7-14/h9-11,19H,4-8H2,1-3H3,(H2,15,16). The van der Waals surface area contributed by atoms with Gasteiger partial charge in [0.2, 0.25) is 5.91 Å². The van der Waals surface area contributed by atoms with Crippen molar-refractivity contribution in [2.45, 2.75) is 52.5 Å². The van der Waals surface area contributed by atoms with Gasteiger partial charge in [-0.2, -0.15) is 0 Å². The molecule has 5 nitrogen and oxygen atoms in total. The van der Waals surface area contributed by atoms with E-state index in [-0.39, 0.29) is 17.8 Å². The van der Waals surface area contributed by atoms with E-state index in [1.165, 1.54) is 12.8 Å². The first kappa shape index (κ1) is 14.2. The van der Waals surface area contributed by atoms with E-state index in [4.69, 9.17) is 10.9 Å². The summed E-state index contributed by atoms with van der Waals surface area (Å²) in [5.74, 6) is 1.23. The van der Waals surface area contributed by atoms with Crippen molar-refractivity contribution in [1.29, 1.82) is 0 Å². The number of carbonyl (C=O) groups excluding carboxylic acids is 1. The van der Waals surface area contributed by atoms with Crippen LogP contribution >= 0.6 is 0 Å². The Balaban J connectivity index is 2.17. The van der Waals surface area contributed by atoms with Gasteiger partial charge in [0.25, 0.3) is 0 Å². The third kappa shape index (κ3) is 2.55. The van der Waals surface area contributed by atoms with E-state index in [9.17, 15) is 4.79 Å². The second kappa shape index (κ2) is 5.02. The van der Waals surface area contributed by atoms with Crippen LogP contribution in [0.25, 0.3) is 0 Å². The molecule has 0 aliphatic heterocycles. The lowest BCUT2D eigenvalue weighted by molar-refractivity contribution is -0.146. The molecule has 0 aromatic heterocycles. The Morgan fingerprint density at radius 1 is 1.47 bits per heavy atom. The summed E-state index contributed by atoms with van der Waals surface area (Å²) in [6.45, 7) is 6.97. The Kier molecular flexibility index (Phi) is 3.74. The van der Waals surface area contributed by atoms with Crippen molar-refractivity contribution in [3.63, 3.8) is 0 Å². The molecular weight excluding hydrogens is 242 g/mol. The molecule has 0 bridgehead atoms. The van der Waals surface area contributed by atoms with Crippen LogP contribution in [0.15, 0.2) is 5.16 Å². The first-order valence-corrected chi connectivity index (χ1v) is 7.19. The second-order valence-electron chi connectivity index (χ2n) is 6.58. The molecule has 108 valence electrons. The zero-order valence-electron chi connectivity index (χ0n) is 12.1. The summed E-state index contributed by atoms with van der Waals surface area (Å²) in [6.07, 6.45) is 3.80. The zero-order valence-corrected chi connectivity index (χ0v) is 12.1. The largest absolute Gasteiger partial charge is 0.409 e. The molecule has 2 fully saturated rings. The van der Waals surface area contributed by atoms with Gasteiger partial charge < -0.3 is 15.8 Å². The fraction of sp³-hybridized carbons (Fsp3) is 0.857. The number of hydrogen-bond donors (Lipinski definition) is 2. The van der Waals surface area contributed by atoms with Crippen molar-refractivity contribution in [1.82, 2.24) is 4.90 Å². The van der Waals surface area contributed by atoms with Crippen LogP contribution in [0.1, 0.15) is 46.5 Å². The van der Waals surface area contributed by atoms with E-state index >= 15 is 0 Å². The van der Waals surface area contributed by atoms with Gasteiger partial charge in [-0.05, 0) is 51.4 Å². The number of amides is 1. The van der Waals surface area contributed by atoms with Crippen molar-refractivity contribution in [2.75, 3.05) is 6.54 Å². The molecule has 0 unspecified atom stereocenters. The first-order chi connectivity index (χ1) is 8.90.